The van der Waals surface area contributed by atoms with E-state index in [1.165, 1.54) is 33.5 Å². The van der Waals surface area contributed by atoms with Crippen LogP contribution in [0.4, 0.5) is 0 Å². The van der Waals surface area contributed by atoms with Crippen LogP contribution in [-0.2, 0) is 30.9 Å². The lowest BCUT2D eigenvalue weighted by atomic mass is 10.0. The minimum absolute atomic E-state index is 0.0513. The first-order valence-corrected chi connectivity index (χ1v) is 17.0. The number of ether oxygens (including phenoxy) is 1. The Labute approximate surface area is 265 Å². The number of hydrogen-bond donors (Lipinski definition) is 1. The monoisotopic (exact) mass is 641 g/mol. The lowest BCUT2D eigenvalue weighted by Gasteiger charge is -2.32. The van der Waals surface area contributed by atoms with Crippen molar-refractivity contribution < 1.29 is 37.4 Å². The second kappa shape index (κ2) is 14.6. The van der Waals surface area contributed by atoms with E-state index >= 15 is 0 Å². The molecule has 12 heteroatoms. The van der Waals surface area contributed by atoms with E-state index in [0.717, 1.165) is 5.56 Å². The zero-order valence-electron chi connectivity index (χ0n) is 26.3. The standard InChI is InChI=1S/C33H43N3O8S/c1-5-44-33(41)27-8-6-18-34(21-27)45(42,43)28-16-14-26(15-17-28)31(38)36(23(4)22(2)3)20-24-10-12-25(13-11-24)30(37)35-19-7-9-29(35)32(39)40/h10-17,22-23,27,29H,5-9,18-21H2,1-4H3,(H,39,40)/t23?,27?,29-/m0/s1. The summed E-state index contributed by atoms with van der Waals surface area (Å²) in [7, 11) is -3.87. The highest BCUT2D eigenvalue weighted by Gasteiger charge is 2.35. The van der Waals surface area contributed by atoms with Crippen molar-refractivity contribution in [1.29, 1.82) is 0 Å². The number of sulfonamides is 1. The largest absolute Gasteiger partial charge is 0.480 e. The molecule has 4 rings (SSSR count). The number of carbonyl (C=O) groups is 4. The number of likely N-dealkylation sites (tertiary alicyclic amines) is 1. The average molecular weight is 642 g/mol. The van der Waals surface area contributed by atoms with E-state index in [1.54, 1.807) is 36.1 Å². The predicted octanol–water partition coefficient (Wildman–Crippen LogP) is 4.03. The van der Waals surface area contributed by atoms with Gasteiger partial charge >= 0.3 is 11.9 Å². The van der Waals surface area contributed by atoms with Crippen LogP contribution in [0, 0.1) is 11.8 Å². The number of aliphatic carboxylic acids is 1. The number of benzene rings is 2. The molecule has 3 atom stereocenters. The lowest BCUT2D eigenvalue weighted by molar-refractivity contribution is -0.149. The van der Waals surface area contributed by atoms with E-state index < -0.39 is 33.9 Å². The molecule has 2 aromatic rings. The Kier molecular flexibility index (Phi) is 11.0. The van der Waals surface area contributed by atoms with Crippen LogP contribution in [0.1, 0.15) is 79.7 Å². The van der Waals surface area contributed by atoms with Crippen LogP contribution < -0.4 is 0 Å². The molecule has 2 unspecified atom stereocenters. The van der Waals surface area contributed by atoms with Crippen LogP contribution in [0.3, 0.4) is 0 Å². The first-order valence-electron chi connectivity index (χ1n) is 15.6. The maximum Gasteiger partial charge on any atom is 0.326 e. The van der Waals surface area contributed by atoms with Crippen molar-refractivity contribution in [3.05, 3.63) is 65.2 Å². The maximum atomic E-state index is 13.8. The molecular formula is C33H43N3O8S. The fourth-order valence-corrected chi connectivity index (χ4v) is 7.36. The molecule has 2 aliphatic heterocycles. The highest BCUT2D eigenvalue weighted by molar-refractivity contribution is 7.89. The van der Waals surface area contributed by atoms with Gasteiger partial charge in [-0.15, -0.1) is 0 Å². The molecule has 2 aromatic carbocycles. The zero-order chi connectivity index (χ0) is 32.9. The summed E-state index contributed by atoms with van der Waals surface area (Å²) in [4.78, 5) is 53.7. The van der Waals surface area contributed by atoms with Gasteiger partial charge in [-0.05, 0) is 87.4 Å². The third-order valence-corrected chi connectivity index (χ3v) is 10.7. The molecule has 0 aromatic heterocycles. The first-order chi connectivity index (χ1) is 21.3. The van der Waals surface area contributed by atoms with Crippen molar-refractivity contribution in [2.45, 2.75) is 76.9 Å². The van der Waals surface area contributed by atoms with Crippen molar-refractivity contribution in [2.24, 2.45) is 11.8 Å². The summed E-state index contributed by atoms with van der Waals surface area (Å²) in [5, 5.41) is 9.45. The number of carboxylic acids is 1. The van der Waals surface area contributed by atoms with Gasteiger partial charge in [0.15, 0.2) is 0 Å². The maximum absolute atomic E-state index is 13.8. The molecule has 0 spiro atoms. The number of nitrogens with zero attached hydrogens (tertiary/aromatic N) is 3. The number of piperidine rings is 1. The molecule has 0 radical (unpaired) electrons. The van der Waals surface area contributed by atoms with Gasteiger partial charge in [-0.25, -0.2) is 13.2 Å². The summed E-state index contributed by atoms with van der Waals surface area (Å²) in [5.74, 6) is -2.36. The van der Waals surface area contributed by atoms with Gasteiger partial charge < -0.3 is 19.6 Å². The second-order valence-electron chi connectivity index (χ2n) is 12.1. The molecule has 2 heterocycles. The lowest BCUT2D eigenvalue weighted by Crippen LogP contribution is -2.42. The van der Waals surface area contributed by atoms with E-state index in [9.17, 15) is 32.7 Å². The molecule has 45 heavy (non-hydrogen) atoms. The van der Waals surface area contributed by atoms with Crippen LogP contribution in [0.15, 0.2) is 53.4 Å². The quantitative estimate of drug-likeness (QED) is 0.363. The first kappa shape index (κ1) is 34.1. The van der Waals surface area contributed by atoms with E-state index in [1.807, 2.05) is 20.8 Å². The Morgan fingerprint density at radius 2 is 1.56 bits per heavy atom. The molecule has 2 aliphatic rings. The molecule has 2 amide bonds. The molecule has 2 fully saturated rings. The number of amides is 2. The molecule has 11 nitrogen and oxygen atoms in total. The van der Waals surface area contributed by atoms with Crippen LogP contribution in [0.25, 0.3) is 0 Å². The Morgan fingerprint density at radius 3 is 2.16 bits per heavy atom. The SMILES string of the molecule is CCOC(=O)C1CCCN(S(=O)(=O)c2ccc(C(=O)N(Cc3ccc(C(=O)N4CCC[C@H]4C(=O)O)cc3)C(C)C(C)C)cc2)C1. The molecule has 1 N–H and O–H groups in total. The summed E-state index contributed by atoms with van der Waals surface area (Å²) in [6.07, 6.45) is 2.21. The minimum atomic E-state index is -3.87. The van der Waals surface area contributed by atoms with Gasteiger partial charge in [0, 0.05) is 43.3 Å². The molecule has 0 saturated carbocycles. The number of carboxylic acid groups (broad SMARTS) is 1. The molecule has 0 bridgehead atoms. The topological polar surface area (TPSA) is 142 Å². The van der Waals surface area contributed by atoms with Gasteiger partial charge in [-0.1, -0.05) is 26.0 Å². The fraction of sp³-hybridized carbons (Fsp3) is 0.515. The van der Waals surface area contributed by atoms with E-state index in [2.05, 4.69) is 0 Å². The van der Waals surface area contributed by atoms with Crippen LogP contribution in [0.2, 0.25) is 0 Å². The van der Waals surface area contributed by atoms with Gasteiger partial charge in [0.05, 0.1) is 17.4 Å². The highest BCUT2D eigenvalue weighted by Crippen LogP contribution is 2.26. The Morgan fingerprint density at radius 1 is 0.933 bits per heavy atom. The van der Waals surface area contributed by atoms with Gasteiger partial charge in [-0.3, -0.25) is 14.4 Å². The summed E-state index contributed by atoms with van der Waals surface area (Å²) in [5.41, 5.74) is 1.52. The van der Waals surface area contributed by atoms with Crippen LogP contribution in [0.5, 0.6) is 0 Å². The van der Waals surface area contributed by atoms with Crippen molar-refractivity contribution in [3.8, 4) is 0 Å². The summed E-state index contributed by atoms with van der Waals surface area (Å²) < 4.78 is 33.2. The van der Waals surface area contributed by atoms with Gasteiger partial charge in [0.25, 0.3) is 11.8 Å². The number of carbonyl (C=O) groups excluding carboxylic acids is 3. The van der Waals surface area contributed by atoms with E-state index in [4.69, 9.17) is 4.74 Å². The van der Waals surface area contributed by atoms with E-state index in [-0.39, 0.29) is 48.4 Å². The Hall–Kier alpha value is -3.77. The normalized spacial score (nSPS) is 19.7. The highest BCUT2D eigenvalue weighted by atomic mass is 32.2. The van der Waals surface area contributed by atoms with Gasteiger partial charge in [0.2, 0.25) is 10.0 Å². The van der Waals surface area contributed by atoms with Crippen molar-refractivity contribution >= 4 is 33.8 Å². The van der Waals surface area contributed by atoms with E-state index in [0.29, 0.717) is 49.9 Å². The second-order valence-corrected chi connectivity index (χ2v) is 14.0. The van der Waals surface area contributed by atoms with Crippen molar-refractivity contribution in [1.82, 2.24) is 14.1 Å². The smallest absolute Gasteiger partial charge is 0.326 e. The van der Waals surface area contributed by atoms with Crippen molar-refractivity contribution in [3.63, 3.8) is 0 Å². The average Bonchev–Trinajstić information content (AvgIpc) is 3.54. The molecule has 244 valence electrons. The molecule has 2 saturated heterocycles. The number of rotatable bonds is 11. The third kappa shape index (κ3) is 7.73. The Balaban J connectivity index is 1.49. The van der Waals surface area contributed by atoms with Crippen molar-refractivity contribution in [2.75, 3.05) is 26.2 Å². The zero-order valence-corrected chi connectivity index (χ0v) is 27.2. The fourth-order valence-electron chi connectivity index (χ4n) is 5.84. The van der Waals surface area contributed by atoms with Gasteiger partial charge in [-0.2, -0.15) is 4.31 Å². The number of esters is 1. The third-order valence-electron chi connectivity index (χ3n) is 8.81. The van der Waals surface area contributed by atoms with Crippen LogP contribution in [-0.4, -0.2) is 89.7 Å². The minimum Gasteiger partial charge on any atom is -0.480 e. The number of hydrogen-bond acceptors (Lipinski definition) is 7. The summed E-state index contributed by atoms with van der Waals surface area (Å²) in [6, 6.07) is 11.8. The van der Waals surface area contributed by atoms with Crippen LogP contribution >= 0.6 is 0 Å². The molecule has 0 aliphatic carbocycles. The summed E-state index contributed by atoms with van der Waals surface area (Å²) >= 11 is 0. The van der Waals surface area contributed by atoms with Gasteiger partial charge in [0.1, 0.15) is 6.04 Å². The molecular weight excluding hydrogens is 598 g/mol. The predicted molar refractivity (Wildman–Crippen MR) is 167 cm³/mol. The Bertz CT molecular complexity index is 1490. The summed E-state index contributed by atoms with van der Waals surface area (Å²) in [6.45, 7) is 8.96.